The zero-order chi connectivity index (χ0) is 22.3. The number of nitrogens with one attached hydrogen (secondary N) is 1. The standard InChI is InChI=1S/C24H28F2N3OP/c1-4-29(20-9-6-10-21(30)28-20)14-24-12-11-15(2)16(23(24)31(24)3)13-19(27)22-17(25)7-5-8-18(22)26/h5-10,13,15H,4,11-12,14,27H2,1-3H3,(H,28,30)/b19-13-. The summed E-state index contributed by atoms with van der Waals surface area (Å²) in [5.41, 5.74) is 7.19. The van der Waals surface area contributed by atoms with Crippen molar-refractivity contribution in [2.45, 2.75) is 31.8 Å². The summed E-state index contributed by atoms with van der Waals surface area (Å²) in [4.78, 5) is 16.9. The number of H-pyrrole nitrogens is 1. The number of allylic oxidation sites excluding steroid dienone is 2. The zero-order valence-electron chi connectivity index (χ0n) is 18.1. The third kappa shape index (κ3) is 3.82. The quantitative estimate of drug-likeness (QED) is 0.616. The molecule has 0 saturated carbocycles. The molecule has 3 N–H and O–H groups in total. The van der Waals surface area contributed by atoms with Crippen LogP contribution in [0.2, 0.25) is 0 Å². The van der Waals surface area contributed by atoms with Crippen LogP contribution in [0.4, 0.5) is 14.6 Å². The number of hydrogen-bond donors (Lipinski definition) is 2. The molecule has 4 nitrogen and oxygen atoms in total. The molecule has 2 aliphatic rings. The van der Waals surface area contributed by atoms with Crippen molar-refractivity contribution in [2.24, 2.45) is 11.7 Å². The molecule has 1 fully saturated rings. The Bertz CT molecular complexity index is 1110. The minimum atomic E-state index is -0.645. The predicted molar refractivity (Wildman–Crippen MR) is 124 cm³/mol. The molecule has 1 aromatic carbocycles. The van der Waals surface area contributed by atoms with Gasteiger partial charge in [0.2, 0.25) is 5.56 Å². The molecule has 1 aliphatic heterocycles. The molecule has 3 atom stereocenters. The Morgan fingerprint density at radius 3 is 2.61 bits per heavy atom. The fourth-order valence-electron chi connectivity index (χ4n) is 4.83. The van der Waals surface area contributed by atoms with Crippen molar-refractivity contribution < 1.29 is 8.78 Å². The summed E-state index contributed by atoms with van der Waals surface area (Å²) >= 11 is 0. The monoisotopic (exact) mass is 443 g/mol. The van der Waals surface area contributed by atoms with Gasteiger partial charge in [0.1, 0.15) is 17.5 Å². The van der Waals surface area contributed by atoms with Gasteiger partial charge >= 0.3 is 0 Å². The van der Waals surface area contributed by atoms with E-state index in [9.17, 15) is 13.6 Å². The molecule has 2 aromatic rings. The Kier molecular flexibility index (Phi) is 5.78. The zero-order valence-corrected chi connectivity index (χ0v) is 19.0. The van der Waals surface area contributed by atoms with Gasteiger partial charge in [-0.1, -0.05) is 27.0 Å². The van der Waals surface area contributed by atoms with Crippen molar-refractivity contribution in [3.8, 4) is 0 Å². The molecular formula is C24H28F2N3OP. The van der Waals surface area contributed by atoms with Crippen LogP contribution in [0.5, 0.6) is 0 Å². The lowest BCUT2D eigenvalue weighted by molar-refractivity contribution is 0.504. The van der Waals surface area contributed by atoms with Gasteiger partial charge in [0.25, 0.3) is 0 Å². The number of hydrogen-bond acceptors (Lipinski definition) is 3. The molecule has 7 heteroatoms. The molecule has 0 amide bonds. The largest absolute Gasteiger partial charge is 0.398 e. The van der Waals surface area contributed by atoms with Crippen LogP contribution in [-0.2, 0) is 0 Å². The van der Waals surface area contributed by atoms with Crippen LogP contribution >= 0.6 is 7.92 Å². The highest BCUT2D eigenvalue weighted by molar-refractivity contribution is 7.73. The maximum atomic E-state index is 14.2. The van der Waals surface area contributed by atoms with Crippen molar-refractivity contribution in [3.05, 3.63) is 80.9 Å². The molecule has 0 radical (unpaired) electrons. The second-order valence-corrected chi connectivity index (χ2v) is 10.9. The third-order valence-electron chi connectivity index (χ3n) is 6.65. The predicted octanol–water partition coefficient (Wildman–Crippen LogP) is 5.03. The molecule has 31 heavy (non-hydrogen) atoms. The normalized spacial score (nSPS) is 25.4. The smallest absolute Gasteiger partial charge is 0.249 e. The van der Waals surface area contributed by atoms with Gasteiger partial charge in [-0.15, -0.1) is 0 Å². The third-order valence-corrected chi connectivity index (χ3v) is 9.66. The lowest BCUT2D eigenvalue weighted by Gasteiger charge is -2.31. The first-order valence-corrected chi connectivity index (χ1v) is 12.4. The van der Waals surface area contributed by atoms with E-state index < -0.39 is 11.6 Å². The van der Waals surface area contributed by atoms with Crippen molar-refractivity contribution in [2.75, 3.05) is 24.7 Å². The molecule has 164 valence electrons. The number of aromatic nitrogens is 1. The molecule has 0 spiro atoms. The first-order valence-electron chi connectivity index (χ1n) is 10.6. The first-order chi connectivity index (χ1) is 14.8. The van der Waals surface area contributed by atoms with E-state index >= 15 is 0 Å². The number of nitrogens with zero attached hydrogens (tertiary/aromatic N) is 1. The van der Waals surface area contributed by atoms with E-state index in [2.05, 4.69) is 30.4 Å². The van der Waals surface area contributed by atoms with Crippen LogP contribution in [0.15, 0.2) is 58.2 Å². The molecule has 1 aromatic heterocycles. The Hall–Kier alpha value is -2.46. The highest BCUT2D eigenvalue weighted by Gasteiger charge is 2.60. The van der Waals surface area contributed by atoms with Crippen LogP contribution in [0.3, 0.4) is 0 Å². The van der Waals surface area contributed by atoms with E-state index in [1.54, 1.807) is 12.1 Å². The van der Waals surface area contributed by atoms with Crippen molar-refractivity contribution in [1.82, 2.24) is 4.98 Å². The van der Waals surface area contributed by atoms with Gasteiger partial charge in [0, 0.05) is 30.0 Å². The van der Waals surface area contributed by atoms with Crippen molar-refractivity contribution >= 4 is 19.4 Å². The molecule has 2 heterocycles. The SMILES string of the molecule is CCN(CC12CCC(C)C(/C=C(\N)c3c(F)cccc3F)=C1P2C)c1cccc(=O)[nH]1. The molecule has 1 saturated heterocycles. The maximum absolute atomic E-state index is 14.2. The highest BCUT2D eigenvalue weighted by atomic mass is 31.1. The van der Waals surface area contributed by atoms with E-state index in [1.165, 1.54) is 29.6 Å². The van der Waals surface area contributed by atoms with Crippen LogP contribution < -0.4 is 16.2 Å². The van der Waals surface area contributed by atoms with Gasteiger partial charge in [0.05, 0.1) is 5.56 Å². The lowest BCUT2D eigenvalue weighted by atomic mass is 9.82. The second kappa shape index (κ2) is 8.23. The van der Waals surface area contributed by atoms with Crippen molar-refractivity contribution in [3.63, 3.8) is 0 Å². The molecule has 0 bridgehead atoms. The van der Waals surface area contributed by atoms with Gasteiger partial charge in [-0.05, 0) is 67.5 Å². The number of benzene rings is 1. The topological polar surface area (TPSA) is 62.1 Å². The van der Waals surface area contributed by atoms with Gasteiger partial charge in [-0.25, -0.2) is 8.78 Å². The summed E-state index contributed by atoms with van der Waals surface area (Å²) < 4.78 is 28.5. The number of pyridine rings is 1. The second-order valence-electron chi connectivity index (χ2n) is 8.45. The minimum Gasteiger partial charge on any atom is -0.398 e. The van der Waals surface area contributed by atoms with Crippen LogP contribution in [-0.4, -0.2) is 29.9 Å². The van der Waals surface area contributed by atoms with E-state index in [0.29, 0.717) is 0 Å². The molecule has 4 rings (SSSR count). The summed E-state index contributed by atoms with van der Waals surface area (Å²) in [6.07, 6.45) is 3.87. The number of nitrogens with two attached hydrogens (primary N) is 1. The summed E-state index contributed by atoms with van der Waals surface area (Å²) in [7, 11) is -0.378. The average molecular weight is 443 g/mol. The average Bonchev–Trinajstić information content (AvgIpc) is 3.32. The summed E-state index contributed by atoms with van der Waals surface area (Å²) in [5.74, 6) is -0.180. The lowest BCUT2D eigenvalue weighted by Crippen LogP contribution is -2.36. The van der Waals surface area contributed by atoms with E-state index in [-0.39, 0.29) is 35.8 Å². The van der Waals surface area contributed by atoms with Gasteiger partial charge in [-0.3, -0.25) is 4.79 Å². The van der Waals surface area contributed by atoms with E-state index in [1.807, 2.05) is 6.07 Å². The van der Waals surface area contributed by atoms with Gasteiger partial charge in [0.15, 0.2) is 0 Å². The van der Waals surface area contributed by atoms with Crippen LogP contribution in [0, 0.1) is 17.6 Å². The fourth-order valence-corrected chi connectivity index (χ4v) is 7.86. The van der Waals surface area contributed by atoms with Crippen LogP contribution in [0.25, 0.3) is 5.70 Å². The number of halogens is 2. The van der Waals surface area contributed by atoms with Gasteiger partial charge < -0.3 is 15.6 Å². The van der Waals surface area contributed by atoms with E-state index in [4.69, 9.17) is 5.73 Å². The maximum Gasteiger partial charge on any atom is 0.249 e. The molecule has 3 unspecified atom stereocenters. The first kappa shape index (κ1) is 21.8. The van der Waals surface area contributed by atoms with Crippen molar-refractivity contribution in [1.29, 1.82) is 0 Å². The number of aromatic amines is 1. The molecular weight excluding hydrogens is 415 g/mol. The Labute approximate surface area is 182 Å². The Morgan fingerprint density at radius 1 is 1.29 bits per heavy atom. The summed E-state index contributed by atoms with van der Waals surface area (Å²) in [6, 6.07) is 9.02. The van der Waals surface area contributed by atoms with E-state index in [0.717, 1.165) is 37.3 Å². The number of rotatable bonds is 6. The minimum absolute atomic E-state index is 0.0600. The number of anilines is 1. The summed E-state index contributed by atoms with van der Waals surface area (Å²) in [6.45, 7) is 8.11. The summed E-state index contributed by atoms with van der Waals surface area (Å²) in [5, 5.41) is 1.45. The molecule has 1 aliphatic carbocycles. The van der Waals surface area contributed by atoms with Gasteiger partial charge in [-0.2, -0.15) is 0 Å². The van der Waals surface area contributed by atoms with Crippen LogP contribution in [0.1, 0.15) is 32.3 Å². The fraction of sp³-hybridized carbons (Fsp3) is 0.375. The highest BCUT2D eigenvalue weighted by Crippen LogP contribution is 2.82. The Balaban J connectivity index is 1.70. The number of fused-ring (bicyclic) bond motifs is 1. The Morgan fingerprint density at radius 2 is 1.97 bits per heavy atom.